The second-order valence-electron chi connectivity index (χ2n) is 9.83. The van der Waals surface area contributed by atoms with Crippen LogP contribution in [0.1, 0.15) is 11.3 Å². The number of hydrogen-bond acceptors (Lipinski definition) is 9. The fourth-order valence-corrected chi connectivity index (χ4v) is 9.03. The van der Waals surface area contributed by atoms with Crippen molar-refractivity contribution in [2.45, 2.75) is 17.0 Å². The number of thiazole rings is 1. The quantitative estimate of drug-likeness (QED) is 0.245. The molecule has 3 heterocycles. The zero-order valence-electron chi connectivity index (χ0n) is 22.9. The van der Waals surface area contributed by atoms with E-state index >= 15 is 0 Å². The maximum atomic E-state index is 14.0. The van der Waals surface area contributed by atoms with Crippen molar-refractivity contribution in [1.29, 1.82) is 5.26 Å². The summed E-state index contributed by atoms with van der Waals surface area (Å²) >= 11 is 1.29. The molecular formula is C30H25N5O5S3. The van der Waals surface area contributed by atoms with Gasteiger partial charge in [-0.15, -0.1) is 11.3 Å². The first-order valence-electron chi connectivity index (χ1n) is 13.3. The molecule has 0 saturated carbocycles. The predicted octanol–water partition coefficient (Wildman–Crippen LogP) is 5.01. The summed E-state index contributed by atoms with van der Waals surface area (Å²) in [7, 11) is -8.36. The molecule has 0 unspecified atom stereocenters. The van der Waals surface area contributed by atoms with Gasteiger partial charge in [0.1, 0.15) is 11.1 Å². The molecule has 1 aliphatic rings. The van der Waals surface area contributed by atoms with Crippen LogP contribution >= 0.6 is 11.3 Å². The Morgan fingerprint density at radius 2 is 1.30 bits per heavy atom. The van der Waals surface area contributed by atoms with Crippen LogP contribution < -0.4 is 0 Å². The van der Waals surface area contributed by atoms with Crippen LogP contribution in [0.5, 0.6) is 0 Å². The number of hydrogen-bond donors (Lipinski definition) is 0. The topological polar surface area (TPSA) is 137 Å². The van der Waals surface area contributed by atoms with E-state index in [9.17, 15) is 22.1 Å². The van der Waals surface area contributed by atoms with Crippen LogP contribution in [0.3, 0.4) is 0 Å². The zero-order valence-corrected chi connectivity index (χ0v) is 25.4. The van der Waals surface area contributed by atoms with Gasteiger partial charge in [-0.05, 0) is 24.6 Å². The van der Waals surface area contributed by atoms with Crippen LogP contribution in [0.15, 0.2) is 99.5 Å². The van der Waals surface area contributed by atoms with E-state index in [1.165, 1.54) is 15.6 Å². The average molecular weight is 632 g/mol. The van der Waals surface area contributed by atoms with Gasteiger partial charge in [0.2, 0.25) is 5.89 Å². The molecule has 0 atom stereocenters. The number of sulfonamides is 2. The fourth-order valence-electron chi connectivity index (χ4n) is 4.72. The summed E-state index contributed by atoms with van der Waals surface area (Å²) in [5, 5.41) is 9.56. The van der Waals surface area contributed by atoms with Crippen LogP contribution in [0.25, 0.3) is 32.5 Å². The Kier molecular flexibility index (Phi) is 7.72. The van der Waals surface area contributed by atoms with Crippen LogP contribution in [-0.4, -0.2) is 61.6 Å². The van der Waals surface area contributed by atoms with Gasteiger partial charge in [-0.2, -0.15) is 18.9 Å². The molecule has 2 aromatic heterocycles. The first-order valence-corrected chi connectivity index (χ1v) is 17.0. The monoisotopic (exact) mass is 631 g/mol. The molecule has 10 nitrogen and oxygen atoms in total. The molecule has 0 bridgehead atoms. The number of oxazole rings is 1. The standard InChI is InChI=1S/C30H25N5O5S3/c1-21-12-14-23(15-13-21)27-32-25(20-31)30(40-27)43(38,39)35-18-16-34(17-19-35)42(36,37)29-26(22-8-4-2-5-9-22)41-28(33-29)24-10-6-3-7-11-24/h2-15H,16-19H2,1H3. The van der Waals surface area contributed by atoms with Crippen molar-refractivity contribution in [3.63, 3.8) is 0 Å². The SMILES string of the molecule is Cc1ccc(-c2nc(C#N)c(S(=O)(=O)N3CCN(S(=O)(=O)c4nc(-c5ccccc5)sc4-c4ccccc4)CC3)o2)cc1. The predicted molar refractivity (Wildman–Crippen MR) is 162 cm³/mol. The van der Waals surface area contributed by atoms with E-state index in [-0.39, 0.29) is 42.8 Å². The van der Waals surface area contributed by atoms with E-state index in [1.807, 2.05) is 85.8 Å². The van der Waals surface area contributed by atoms with Gasteiger partial charge in [0.05, 0.1) is 4.88 Å². The number of benzene rings is 3. The van der Waals surface area contributed by atoms with E-state index in [0.29, 0.717) is 15.4 Å². The van der Waals surface area contributed by atoms with Gasteiger partial charge in [0, 0.05) is 37.3 Å². The van der Waals surface area contributed by atoms with Crippen LogP contribution in [-0.2, 0) is 20.0 Å². The average Bonchev–Trinajstić information content (AvgIpc) is 3.69. The lowest BCUT2D eigenvalue weighted by Gasteiger charge is -2.32. The number of nitriles is 1. The first kappa shape index (κ1) is 28.9. The smallest absolute Gasteiger partial charge is 0.279 e. The van der Waals surface area contributed by atoms with Gasteiger partial charge < -0.3 is 4.42 Å². The lowest BCUT2D eigenvalue weighted by Crippen LogP contribution is -2.50. The maximum absolute atomic E-state index is 14.0. The van der Waals surface area contributed by atoms with Crippen LogP contribution in [0, 0.1) is 18.3 Å². The lowest BCUT2D eigenvalue weighted by atomic mass is 10.1. The largest absolute Gasteiger partial charge is 0.422 e. The number of aromatic nitrogens is 2. The van der Waals surface area contributed by atoms with Crippen molar-refractivity contribution in [2.75, 3.05) is 26.2 Å². The van der Waals surface area contributed by atoms with Crippen molar-refractivity contribution in [3.8, 4) is 38.5 Å². The third-order valence-electron chi connectivity index (χ3n) is 7.01. The molecule has 1 fully saturated rings. The Balaban J connectivity index is 1.27. The molecule has 0 aliphatic carbocycles. The molecule has 6 rings (SSSR count). The van der Waals surface area contributed by atoms with Gasteiger partial charge in [0.15, 0.2) is 10.7 Å². The minimum atomic E-state index is -4.27. The molecular weight excluding hydrogens is 607 g/mol. The molecule has 0 spiro atoms. The Labute approximate surface area is 253 Å². The van der Waals surface area contributed by atoms with E-state index in [4.69, 9.17) is 4.42 Å². The Bertz CT molecular complexity index is 2030. The molecule has 218 valence electrons. The van der Waals surface area contributed by atoms with Crippen molar-refractivity contribution in [2.24, 2.45) is 0 Å². The number of aryl methyl sites for hydroxylation is 1. The Hall–Kier alpha value is -4.19. The van der Waals surface area contributed by atoms with Crippen LogP contribution in [0.4, 0.5) is 0 Å². The summed E-state index contributed by atoms with van der Waals surface area (Å²) in [5.74, 6) is 0.0162. The van der Waals surface area contributed by atoms with E-state index in [0.717, 1.165) is 21.0 Å². The summed E-state index contributed by atoms with van der Waals surface area (Å²) in [6.45, 7) is 1.44. The summed E-state index contributed by atoms with van der Waals surface area (Å²) < 4.78 is 63.0. The summed E-state index contributed by atoms with van der Waals surface area (Å²) in [6, 6.07) is 27.5. The van der Waals surface area contributed by atoms with Crippen molar-refractivity contribution in [3.05, 3.63) is 96.2 Å². The fraction of sp³-hybridized carbons (Fsp3) is 0.167. The molecule has 1 aliphatic heterocycles. The highest BCUT2D eigenvalue weighted by Gasteiger charge is 2.39. The van der Waals surface area contributed by atoms with E-state index in [1.54, 1.807) is 12.1 Å². The zero-order chi connectivity index (χ0) is 30.2. The minimum absolute atomic E-state index is 0.0162. The lowest BCUT2D eigenvalue weighted by molar-refractivity contribution is 0.267. The van der Waals surface area contributed by atoms with E-state index in [2.05, 4.69) is 9.97 Å². The molecule has 3 aromatic carbocycles. The van der Waals surface area contributed by atoms with Gasteiger partial charge in [-0.1, -0.05) is 78.4 Å². The van der Waals surface area contributed by atoms with Crippen molar-refractivity contribution < 1.29 is 21.3 Å². The highest BCUT2D eigenvalue weighted by Crippen LogP contribution is 2.39. The molecule has 1 saturated heterocycles. The van der Waals surface area contributed by atoms with Gasteiger partial charge in [0.25, 0.3) is 25.1 Å². The summed E-state index contributed by atoms with van der Waals surface area (Å²) in [4.78, 5) is 9.19. The summed E-state index contributed by atoms with van der Waals surface area (Å²) in [6.07, 6.45) is 0. The van der Waals surface area contributed by atoms with Crippen molar-refractivity contribution in [1.82, 2.24) is 18.6 Å². The number of piperazine rings is 1. The number of rotatable bonds is 7. The van der Waals surface area contributed by atoms with Crippen LogP contribution in [0.2, 0.25) is 0 Å². The molecule has 0 amide bonds. The number of nitrogens with zero attached hydrogens (tertiary/aromatic N) is 5. The van der Waals surface area contributed by atoms with Crippen molar-refractivity contribution >= 4 is 31.4 Å². The second kappa shape index (κ2) is 11.5. The molecule has 5 aromatic rings. The van der Waals surface area contributed by atoms with E-state index < -0.39 is 25.1 Å². The minimum Gasteiger partial charge on any atom is -0.422 e. The second-order valence-corrected chi connectivity index (χ2v) is 14.5. The molecule has 0 N–H and O–H groups in total. The third kappa shape index (κ3) is 5.51. The molecule has 0 radical (unpaired) electrons. The normalized spacial score (nSPS) is 14.9. The molecule has 13 heteroatoms. The Morgan fingerprint density at radius 3 is 1.88 bits per heavy atom. The summed E-state index contributed by atoms with van der Waals surface area (Å²) in [5.41, 5.74) is 2.70. The third-order valence-corrected chi connectivity index (χ3v) is 11.9. The highest BCUT2D eigenvalue weighted by molar-refractivity contribution is 7.89. The van der Waals surface area contributed by atoms with Gasteiger partial charge in [-0.25, -0.2) is 21.8 Å². The Morgan fingerprint density at radius 1 is 0.744 bits per heavy atom. The van der Waals surface area contributed by atoms with Gasteiger partial charge >= 0.3 is 0 Å². The maximum Gasteiger partial charge on any atom is 0.279 e. The highest BCUT2D eigenvalue weighted by atomic mass is 32.2. The first-order chi connectivity index (χ1) is 20.7. The van der Waals surface area contributed by atoms with Gasteiger partial charge in [-0.3, -0.25) is 0 Å². The molecule has 43 heavy (non-hydrogen) atoms.